The minimum absolute atomic E-state index is 0.0550. The Labute approximate surface area is 183 Å². The number of hydrogen-bond acceptors (Lipinski definition) is 3. The van der Waals surface area contributed by atoms with Gasteiger partial charge in [0.1, 0.15) is 5.82 Å². The van der Waals surface area contributed by atoms with Crippen LogP contribution in [0.4, 0.5) is 20.6 Å². The van der Waals surface area contributed by atoms with Gasteiger partial charge >= 0.3 is 6.03 Å². The number of benzene rings is 2. The first kappa shape index (κ1) is 22.6. The van der Waals surface area contributed by atoms with Gasteiger partial charge in [-0.3, -0.25) is 4.79 Å². The average Bonchev–Trinajstić information content (AvgIpc) is 3.51. The molecule has 1 aliphatic rings. The number of amides is 3. The summed E-state index contributed by atoms with van der Waals surface area (Å²) in [4.78, 5) is 29.2. The molecule has 7 heteroatoms. The van der Waals surface area contributed by atoms with Gasteiger partial charge in [-0.15, -0.1) is 0 Å². The van der Waals surface area contributed by atoms with Crippen LogP contribution >= 0.6 is 0 Å². The Morgan fingerprint density at radius 2 is 1.87 bits per heavy atom. The van der Waals surface area contributed by atoms with Crippen molar-refractivity contribution < 1.29 is 14.0 Å². The zero-order valence-corrected chi connectivity index (χ0v) is 18.6. The number of carbonyl (C=O) groups excluding carboxylic acids is 2. The van der Waals surface area contributed by atoms with Crippen molar-refractivity contribution in [1.82, 2.24) is 10.2 Å². The lowest BCUT2D eigenvalue weighted by molar-refractivity contribution is 0.102. The third-order valence-corrected chi connectivity index (χ3v) is 5.14. The van der Waals surface area contributed by atoms with E-state index in [9.17, 15) is 14.0 Å². The van der Waals surface area contributed by atoms with Crippen LogP contribution in [0.1, 0.15) is 42.6 Å². The molecule has 2 N–H and O–H groups in total. The minimum atomic E-state index is -0.455. The lowest BCUT2D eigenvalue weighted by Gasteiger charge is -2.27. The third-order valence-electron chi connectivity index (χ3n) is 5.14. The molecule has 0 saturated heterocycles. The van der Waals surface area contributed by atoms with Crippen molar-refractivity contribution in [1.29, 1.82) is 0 Å². The normalized spacial score (nSPS) is 13.1. The highest BCUT2D eigenvalue weighted by Gasteiger charge is 2.27. The number of nitrogens with one attached hydrogen (secondary N) is 2. The molecule has 2 aromatic carbocycles. The van der Waals surface area contributed by atoms with Crippen LogP contribution in [0.25, 0.3) is 0 Å². The van der Waals surface area contributed by atoms with Crippen LogP contribution in [0.3, 0.4) is 0 Å². The Bertz CT molecular complexity index is 941. The highest BCUT2D eigenvalue weighted by atomic mass is 19.1. The fourth-order valence-electron chi connectivity index (χ4n) is 3.43. The average molecular weight is 427 g/mol. The first-order chi connectivity index (χ1) is 14.7. The molecule has 0 aromatic heterocycles. The number of urea groups is 1. The zero-order chi connectivity index (χ0) is 22.5. The molecule has 1 saturated carbocycles. The Balaban J connectivity index is 1.83. The van der Waals surface area contributed by atoms with E-state index in [0.717, 1.165) is 24.1 Å². The number of rotatable bonds is 8. The molecule has 3 rings (SSSR count). The van der Waals surface area contributed by atoms with Crippen molar-refractivity contribution >= 4 is 23.3 Å². The van der Waals surface area contributed by atoms with Gasteiger partial charge in [0.25, 0.3) is 5.91 Å². The number of carbonyl (C=O) groups is 2. The van der Waals surface area contributed by atoms with Crippen LogP contribution in [0.15, 0.2) is 42.5 Å². The number of hydrogen-bond donors (Lipinski definition) is 2. The van der Waals surface area contributed by atoms with E-state index in [1.807, 2.05) is 55.9 Å². The maximum Gasteiger partial charge on any atom is 0.317 e. The van der Waals surface area contributed by atoms with Gasteiger partial charge in [-0.05, 0) is 74.6 Å². The molecule has 0 atom stereocenters. The Kier molecular flexibility index (Phi) is 7.15. The van der Waals surface area contributed by atoms with Gasteiger partial charge in [0.2, 0.25) is 0 Å². The molecule has 0 bridgehead atoms. The van der Waals surface area contributed by atoms with E-state index in [1.165, 1.54) is 18.2 Å². The van der Waals surface area contributed by atoms with Crippen LogP contribution in [-0.4, -0.2) is 43.5 Å². The molecule has 166 valence electrons. The number of anilines is 2. The standard InChI is InChI=1S/C24H31FN4O2/c1-16(2)26-24(31)29(14-17-8-9-17)15-19-13-21(10-11-22(19)28(3)4)27-23(30)18-6-5-7-20(25)12-18/h5-7,10-13,16-17H,8-9,14-15H2,1-4H3,(H,26,31)(H,27,30). The highest BCUT2D eigenvalue weighted by Crippen LogP contribution is 2.31. The van der Waals surface area contributed by atoms with Gasteiger partial charge in [-0.2, -0.15) is 0 Å². The molecular weight excluding hydrogens is 395 g/mol. The molecule has 2 aromatic rings. The largest absolute Gasteiger partial charge is 0.377 e. The van der Waals surface area contributed by atoms with Crippen molar-refractivity contribution in [3.05, 3.63) is 59.4 Å². The first-order valence-electron chi connectivity index (χ1n) is 10.7. The van der Waals surface area contributed by atoms with Crippen LogP contribution in [0.5, 0.6) is 0 Å². The van der Waals surface area contributed by atoms with Gasteiger partial charge in [0, 0.05) is 50.2 Å². The van der Waals surface area contributed by atoms with Crippen LogP contribution in [0, 0.1) is 11.7 Å². The van der Waals surface area contributed by atoms with Gasteiger partial charge in [0.05, 0.1) is 0 Å². The molecule has 0 unspecified atom stereocenters. The monoisotopic (exact) mass is 426 g/mol. The molecule has 6 nitrogen and oxygen atoms in total. The lowest BCUT2D eigenvalue weighted by atomic mass is 10.1. The Morgan fingerprint density at radius 3 is 2.48 bits per heavy atom. The minimum Gasteiger partial charge on any atom is -0.377 e. The summed E-state index contributed by atoms with van der Waals surface area (Å²) in [7, 11) is 3.90. The van der Waals surface area contributed by atoms with E-state index in [0.29, 0.717) is 24.7 Å². The molecule has 0 heterocycles. The maximum absolute atomic E-state index is 13.5. The molecule has 3 amide bonds. The van der Waals surface area contributed by atoms with E-state index >= 15 is 0 Å². The lowest BCUT2D eigenvalue weighted by Crippen LogP contribution is -2.43. The Morgan fingerprint density at radius 1 is 1.13 bits per heavy atom. The summed E-state index contributed by atoms with van der Waals surface area (Å²) in [5.74, 6) is -0.282. The van der Waals surface area contributed by atoms with Gasteiger partial charge < -0.3 is 20.4 Å². The quantitative estimate of drug-likeness (QED) is 0.654. The van der Waals surface area contributed by atoms with Crippen molar-refractivity contribution in [2.24, 2.45) is 5.92 Å². The van der Waals surface area contributed by atoms with Crippen LogP contribution in [0.2, 0.25) is 0 Å². The van der Waals surface area contributed by atoms with E-state index in [4.69, 9.17) is 0 Å². The van der Waals surface area contributed by atoms with Gasteiger partial charge in [0.15, 0.2) is 0 Å². The van der Waals surface area contributed by atoms with Gasteiger partial charge in [-0.1, -0.05) is 6.07 Å². The smallest absolute Gasteiger partial charge is 0.317 e. The molecule has 0 radical (unpaired) electrons. The van der Waals surface area contributed by atoms with Gasteiger partial charge in [-0.25, -0.2) is 9.18 Å². The fraction of sp³-hybridized carbons (Fsp3) is 0.417. The zero-order valence-electron chi connectivity index (χ0n) is 18.6. The van der Waals surface area contributed by atoms with E-state index < -0.39 is 5.82 Å². The second kappa shape index (κ2) is 9.81. The highest BCUT2D eigenvalue weighted by molar-refractivity contribution is 6.04. The van der Waals surface area contributed by atoms with E-state index in [-0.39, 0.29) is 23.5 Å². The third kappa shape index (κ3) is 6.44. The summed E-state index contributed by atoms with van der Waals surface area (Å²) in [5, 5.41) is 5.82. The molecular formula is C24H31FN4O2. The molecule has 0 spiro atoms. The van der Waals surface area contributed by atoms with E-state index in [2.05, 4.69) is 10.6 Å². The number of halogens is 1. The van der Waals surface area contributed by atoms with Crippen molar-refractivity contribution in [3.8, 4) is 0 Å². The predicted octanol–water partition coefficient (Wildman–Crippen LogP) is 4.47. The molecule has 31 heavy (non-hydrogen) atoms. The van der Waals surface area contributed by atoms with Crippen molar-refractivity contribution in [3.63, 3.8) is 0 Å². The second-order valence-corrected chi connectivity index (χ2v) is 8.63. The van der Waals surface area contributed by atoms with Crippen LogP contribution < -0.4 is 15.5 Å². The van der Waals surface area contributed by atoms with Crippen molar-refractivity contribution in [2.45, 2.75) is 39.3 Å². The summed E-state index contributed by atoms with van der Waals surface area (Å²) in [6.45, 7) is 5.04. The molecule has 1 fully saturated rings. The SMILES string of the molecule is CC(C)NC(=O)N(Cc1cc(NC(=O)c2cccc(F)c2)ccc1N(C)C)CC1CC1. The van der Waals surface area contributed by atoms with E-state index in [1.54, 1.807) is 6.07 Å². The first-order valence-corrected chi connectivity index (χ1v) is 10.7. The molecule has 1 aliphatic carbocycles. The summed E-state index contributed by atoms with van der Waals surface area (Å²) in [5.41, 5.74) is 2.76. The maximum atomic E-state index is 13.5. The summed E-state index contributed by atoms with van der Waals surface area (Å²) in [6, 6.07) is 11.2. The topological polar surface area (TPSA) is 64.7 Å². The van der Waals surface area contributed by atoms with Crippen molar-refractivity contribution in [2.75, 3.05) is 30.9 Å². The molecule has 0 aliphatic heterocycles. The summed E-state index contributed by atoms with van der Waals surface area (Å²) >= 11 is 0. The second-order valence-electron chi connectivity index (χ2n) is 8.63. The summed E-state index contributed by atoms with van der Waals surface area (Å²) in [6.07, 6.45) is 2.30. The fourth-order valence-corrected chi connectivity index (χ4v) is 3.43. The predicted molar refractivity (Wildman–Crippen MR) is 122 cm³/mol. The summed E-state index contributed by atoms with van der Waals surface area (Å²) < 4.78 is 13.5. The number of nitrogens with zero attached hydrogens (tertiary/aromatic N) is 2. The Hall–Kier alpha value is -3.09. The van der Waals surface area contributed by atoms with Crippen LogP contribution in [-0.2, 0) is 6.54 Å².